The Morgan fingerprint density at radius 3 is 2.24 bits per heavy atom. The molecule has 3 nitrogen and oxygen atoms in total. The van der Waals surface area contributed by atoms with E-state index in [1.807, 2.05) is 20.8 Å². The lowest BCUT2D eigenvalue weighted by molar-refractivity contribution is -0.123. The van der Waals surface area contributed by atoms with E-state index in [-0.39, 0.29) is 24.0 Å². The SMILES string of the molecule is CC(C)Cc1ccc([C@H](N[C@H](C)C(=O)NC(C)C)c2cccs2)cc1. The van der Waals surface area contributed by atoms with Crippen LogP contribution in [0.25, 0.3) is 0 Å². The van der Waals surface area contributed by atoms with Gasteiger partial charge < -0.3 is 5.32 Å². The lowest BCUT2D eigenvalue weighted by atomic mass is 9.98. The molecule has 1 aromatic heterocycles. The highest BCUT2D eigenvalue weighted by atomic mass is 32.1. The second kappa shape index (κ2) is 9.16. The van der Waals surface area contributed by atoms with Crippen molar-refractivity contribution >= 4 is 17.2 Å². The van der Waals surface area contributed by atoms with E-state index in [9.17, 15) is 4.79 Å². The Hall–Kier alpha value is -1.65. The van der Waals surface area contributed by atoms with Crippen molar-refractivity contribution in [2.45, 2.75) is 59.2 Å². The van der Waals surface area contributed by atoms with E-state index in [0.717, 1.165) is 6.42 Å². The highest BCUT2D eigenvalue weighted by Gasteiger charge is 2.21. The first-order valence-corrected chi connectivity index (χ1v) is 9.93. The predicted molar refractivity (Wildman–Crippen MR) is 107 cm³/mol. The topological polar surface area (TPSA) is 41.1 Å². The molecule has 0 unspecified atom stereocenters. The van der Waals surface area contributed by atoms with Gasteiger partial charge in [-0.1, -0.05) is 44.2 Å². The van der Waals surface area contributed by atoms with Crippen LogP contribution in [0.3, 0.4) is 0 Å². The van der Waals surface area contributed by atoms with Crippen molar-refractivity contribution in [3.8, 4) is 0 Å². The summed E-state index contributed by atoms with van der Waals surface area (Å²) >= 11 is 1.71. The molecule has 0 aliphatic heterocycles. The Bertz CT molecular complexity index is 647. The monoisotopic (exact) mass is 358 g/mol. The summed E-state index contributed by atoms with van der Waals surface area (Å²) in [4.78, 5) is 13.5. The number of hydrogen-bond donors (Lipinski definition) is 2. The number of rotatable bonds is 8. The minimum Gasteiger partial charge on any atom is -0.353 e. The molecular formula is C21H30N2OS. The summed E-state index contributed by atoms with van der Waals surface area (Å²) in [6.07, 6.45) is 1.09. The lowest BCUT2D eigenvalue weighted by Crippen LogP contribution is -2.45. The maximum absolute atomic E-state index is 12.3. The smallest absolute Gasteiger partial charge is 0.237 e. The number of thiophene rings is 1. The van der Waals surface area contributed by atoms with Crippen LogP contribution in [-0.4, -0.2) is 18.0 Å². The van der Waals surface area contributed by atoms with Gasteiger partial charge in [-0.3, -0.25) is 10.1 Å². The predicted octanol–water partition coefficient (Wildman–Crippen LogP) is 4.54. The van der Waals surface area contributed by atoms with Crippen molar-refractivity contribution in [3.05, 3.63) is 57.8 Å². The maximum atomic E-state index is 12.3. The molecule has 0 fully saturated rings. The minimum absolute atomic E-state index is 0.0287. The average molecular weight is 359 g/mol. The van der Waals surface area contributed by atoms with Gasteiger partial charge in [0.15, 0.2) is 0 Å². The average Bonchev–Trinajstić information content (AvgIpc) is 3.06. The van der Waals surface area contributed by atoms with E-state index in [4.69, 9.17) is 0 Å². The van der Waals surface area contributed by atoms with Crippen molar-refractivity contribution in [1.29, 1.82) is 0 Å². The first kappa shape index (κ1) is 19.7. The summed E-state index contributed by atoms with van der Waals surface area (Å²) < 4.78 is 0. The van der Waals surface area contributed by atoms with Gasteiger partial charge in [-0.15, -0.1) is 11.3 Å². The summed E-state index contributed by atoms with van der Waals surface area (Å²) in [7, 11) is 0. The molecule has 136 valence electrons. The molecule has 1 heterocycles. The quantitative estimate of drug-likeness (QED) is 0.727. The van der Waals surface area contributed by atoms with Gasteiger partial charge in [-0.25, -0.2) is 0 Å². The Labute approximate surface area is 155 Å². The van der Waals surface area contributed by atoms with Gasteiger partial charge in [-0.05, 0) is 55.7 Å². The number of benzene rings is 1. The highest BCUT2D eigenvalue weighted by molar-refractivity contribution is 7.10. The molecule has 2 rings (SSSR count). The van der Waals surface area contributed by atoms with Crippen LogP contribution in [0.1, 0.15) is 56.7 Å². The summed E-state index contributed by atoms with van der Waals surface area (Å²) in [5.74, 6) is 0.685. The first-order valence-electron chi connectivity index (χ1n) is 9.05. The van der Waals surface area contributed by atoms with Crippen molar-refractivity contribution in [3.63, 3.8) is 0 Å². The van der Waals surface area contributed by atoms with Crippen LogP contribution in [0.5, 0.6) is 0 Å². The Balaban J connectivity index is 2.18. The van der Waals surface area contributed by atoms with Gasteiger partial charge in [0.2, 0.25) is 5.91 Å². The zero-order valence-electron chi connectivity index (χ0n) is 15.9. The Kier molecular flexibility index (Phi) is 7.21. The summed E-state index contributed by atoms with van der Waals surface area (Å²) in [6.45, 7) is 10.4. The molecule has 2 N–H and O–H groups in total. The fourth-order valence-corrected chi connectivity index (χ4v) is 3.66. The molecule has 0 saturated heterocycles. The molecule has 4 heteroatoms. The molecule has 2 aromatic rings. The van der Waals surface area contributed by atoms with Gasteiger partial charge in [0.25, 0.3) is 0 Å². The first-order chi connectivity index (χ1) is 11.9. The summed E-state index contributed by atoms with van der Waals surface area (Å²) in [6, 6.07) is 12.9. The Morgan fingerprint density at radius 2 is 1.72 bits per heavy atom. The van der Waals surface area contributed by atoms with E-state index in [2.05, 4.69) is 66.3 Å². The van der Waals surface area contributed by atoms with E-state index in [1.54, 1.807) is 11.3 Å². The van der Waals surface area contributed by atoms with E-state index >= 15 is 0 Å². The molecule has 1 amide bonds. The molecule has 25 heavy (non-hydrogen) atoms. The molecule has 0 spiro atoms. The second-order valence-corrected chi connectivity index (χ2v) is 8.32. The molecule has 0 radical (unpaired) electrons. The van der Waals surface area contributed by atoms with Crippen molar-refractivity contribution in [2.24, 2.45) is 5.92 Å². The number of nitrogens with one attached hydrogen (secondary N) is 2. The second-order valence-electron chi connectivity index (χ2n) is 7.34. The number of amides is 1. The molecule has 1 aromatic carbocycles. The van der Waals surface area contributed by atoms with E-state index in [0.29, 0.717) is 5.92 Å². The van der Waals surface area contributed by atoms with Crippen LogP contribution in [0, 0.1) is 5.92 Å². The number of hydrogen-bond acceptors (Lipinski definition) is 3. The minimum atomic E-state index is -0.259. The van der Waals surface area contributed by atoms with Crippen LogP contribution < -0.4 is 10.6 Å². The van der Waals surface area contributed by atoms with Gasteiger partial charge in [0.05, 0.1) is 12.1 Å². The molecule has 0 aliphatic rings. The van der Waals surface area contributed by atoms with Crippen molar-refractivity contribution < 1.29 is 4.79 Å². The lowest BCUT2D eigenvalue weighted by Gasteiger charge is -2.23. The van der Waals surface area contributed by atoms with Gasteiger partial charge in [0, 0.05) is 10.9 Å². The normalized spacial score (nSPS) is 13.9. The van der Waals surface area contributed by atoms with Gasteiger partial charge in [-0.2, -0.15) is 0 Å². The van der Waals surface area contributed by atoms with Gasteiger partial charge in [0.1, 0.15) is 0 Å². The molecular weight excluding hydrogens is 328 g/mol. The summed E-state index contributed by atoms with van der Waals surface area (Å²) in [5.41, 5.74) is 2.55. The van der Waals surface area contributed by atoms with Crippen LogP contribution in [0.2, 0.25) is 0 Å². The zero-order valence-corrected chi connectivity index (χ0v) is 16.7. The third-order valence-electron chi connectivity index (χ3n) is 4.03. The van der Waals surface area contributed by atoms with Crippen molar-refractivity contribution in [2.75, 3.05) is 0 Å². The number of carbonyl (C=O) groups is 1. The Morgan fingerprint density at radius 1 is 1.04 bits per heavy atom. The molecule has 2 atom stereocenters. The van der Waals surface area contributed by atoms with E-state index in [1.165, 1.54) is 16.0 Å². The fraction of sp³-hybridized carbons (Fsp3) is 0.476. The van der Waals surface area contributed by atoms with Crippen LogP contribution in [0.4, 0.5) is 0 Å². The highest BCUT2D eigenvalue weighted by Crippen LogP contribution is 2.27. The zero-order chi connectivity index (χ0) is 18.4. The fourth-order valence-electron chi connectivity index (χ4n) is 2.85. The molecule has 0 aliphatic carbocycles. The van der Waals surface area contributed by atoms with Crippen LogP contribution >= 0.6 is 11.3 Å². The molecule has 0 bridgehead atoms. The third kappa shape index (κ3) is 5.98. The standard InChI is InChI=1S/C21H30N2OS/c1-14(2)13-17-8-10-18(11-9-17)20(19-7-6-12-25-19)23-16(5)21(24)22-15(3)4/h6-12,14-16,20,23H,13H2,1-5H3,(H,22,24)/t16-,20+/m1/s1. The van der Waals surface area contributed by atoms with Crippen LogP contribution in [-0.2, 0) is 11.2 Å². The largest absolute Gasteiger partial charge is 0.353 e. The van der Waals surface area contributed by atoms with E-state index < -0.39 is 0 Å². The van der Waals surface area contributed by atoms with Crippen LogP contribution in [0.15, 0.2) is 41.8 Å². The number of carbonyl (C=O) groups excluding carboxylic acids is 1. The maximum Gasteiger partial charge on any atom is 0.237 e. The van der Waals surface area contributed by atoms with Gasteiger partial charge >= 0.3 is 0 Å². The summed E-state index contributed by atoms with van der Waals surface area (Å²) in [5, 5.41) is 8.56. The molecule has 0 saturated carbocycles. The van der Waals surface area contributed by atoms with Crippen molar-refractivity contribution in [1.82, 2.24) is 10.6 Å². The third-order valence-corrected chi connectivity index (χ3v) is 4.96.